The Hall–Kier alpha value is -0.860. The molecule has 0 amide bonds. The summed E-state index contributed by atoms with van der Waals surface area (Å²) in [6.45, 7) is 11.1. The number of hydrogen-bond acceptors (Lipinski definition) is 2. The highest BCUT2D eigenvalue weighted by Gasteiger charge is 2.15. The summed E-state index contributed by atoms with van der Waals surface area (Å²) in [4.78, 5) is 2.45. The Morgan fingerprint density at radius 2 is 1.79 bits per heavy atom. The first kappa shape index (κ1) is 16.2. The number of likely N-dealkylation sites (N-methyl/N-ethyl adjacent to an activating group) is 1. The lowest BCUT2D eigenvalue weighted by atomic mass is 10.0. The quantitative estimate of drug-likeness (QED) is 0.767. The molecule has 0 radical (unpaired) electrons. The van der Waals surface area contributed by atoms with E-state index in [0.717, 1.165) is 13.1 Å². The van der Waals surface area contributed by atoms with Crippen LogP contribution in [0.5, 0.6) is 0 Å². The van der Waals surface area contributed by atoms with Gasteiger partial charge in [-0.1, -0.05) is 43.7 Å². The summed E-state index contributed by atoms with van der Waals surface area (Å²) < 4.78 is 0. The first-order valence-electron chi connectivity index (χ1n) is 7.58. The van der Waals surface area contributed by atoms with E-state index >= 15 is 0 Å². The maximum atomic E-state index is 3.67. The summed E-state index contributed by atoms with van der Waals surface area (Å²) >= 11 is 0. The van der Waals surface area contributed by atoms with Crippen molar-refractivity contribution >= 4 is 0 Å². The number of nitrogens with zero attached hydrogens (tertiary/aromatic N) is 1. The van der Waals surface area contributed by atoms with E-state index in [2.05, 4.69) is 69.2 Å². The maximum absolute atomic E-state index is 3.67. The van der Waals surface area contributed by atoms with Crippen LogP contribution in [-0.2, 0) is 0 Å². The monoisotopic (exact) mass is 262 g/mol. The van der Waals surface area contributed by atoms with Crippen LogP contribution >= 0.6 is 0 Å². The van der Waals surface area contributed by atoms with E-state index in [-0.39, 0.29) is 0 Å². The fourth-order valence-corrected chi connectivity index (χ4v) is 2.18. The van der Waals surface area contributed by atoms with Crippen molar-refractivity contribution in [2.24, 2.45) is 0 Å². The van der Waals surface area contributed by atoms with Gasteiger partial charge in [-0.05, 0) is 45.8 Å². The minimum absolute atomic E-state index is 0.430. The van der Waals surface area contributed by atoms with Crippen LogP contribution in [0.25, 0.3) is 0 Å². The second-order valence-corrected chi connectivity index (χ2v) is 5.61. The SMILES string of the molecule is CCCNC(CN(C)C(C)CC)c1ccc(C)cc1. The number of aryl methyl sites for hydroxylation is 1. The molecule has 2 nitrogen and oxygen atoms in total. The van der Waals surface area contributed by atoms with Crippen molar-refractivity contribution in [2.45, 2.75) is 52.6 Å². The number of benzene rings is 1. The van der Waals surface area contributed by atoms with Crippen LogP contribution in [0.1, 0.15) is 50.8 Å². The molecule has 0 aliphatic heterocycles. The van der Waals surface area contributed by atoms with Crippen LogP contribution in [0.15, 0.2) is 24.3 Å². The predicted molar refractivity (Wildman–Crippen MR) is 84.6 cm³/mol. The van der Waals surface area contributed by atoms with E-state index in [1.165, 1.54) is 24.0 Å². The average Bonchev–Trinajstić information content (AvgIpc) is 2.43. The van der Waals surface area contributed by atoms with Gasteiger partial charge in [0, 0.05) is 18.6 Å². The highest BCUT2D eigenvalue weighted by atomic mass is 15.1. The van der Waals surface area contributed by atoms with Crippen molar-refractivity contribution in [3.8, 4) is 0 Å². The van der Waals surface area contributed by atoms with Crippen LogP contribution in [0, 0.1) is 6.92 Å². The molecule has 2 heteroatoms. The molecule has 2 unspecified atom stereocenters. The molecule has 19 heavy (non-hydrogen) atoms. The van der Waals surface area contributed by atoms with Gasteiger partial charge in [0.05, 0.1) is 0 Å². The van der Waals surface area contributed by atoms with Gasteiger partial charge in [0.15, 0.2) is 0 Å². The van der Waals surface area contributed by atoms with Crippen LogP contribution in [0.4, 0.5) is 0 Å². The van der Waals surface area contributed by atoms with E-state index in [1.54, 1.807) is 0 Å². The lowest BCUT2D eigenvalue weighted by Gasteiger charge is -2.29. The average molecular weight is 262 g/mol. The lowest BCUT2D eigenvalue weighted by Crippen LogP contribution is -2.37. The molecule has 0 aliphatic rings. The van der Waals surface area contributed by atoms with Crippen molar-refractivity contribution < 1.29 is 0 Å². The molecule has 0 saturated carbocycles. The Labute approximate surface area is 119 Å². The highest BCUT2D eigenvalue weighted by Crippen LogP contribution is 2.16. The lowest BCUT2D eigenvalue weighted by molar-refractivity contribution is 0.224. The minimum atomic E-state index is 0.430. The molecular formula is C17H30N2. The van der Waals surface area contributed by atoms with Crippen LogP contribution in [0.2, 0.25) is 0 Å². The van der Waals surface area contributed by atoms with Gasteiger partial charge < -0.3 is 10.2 Å². The maximum Gasteiger partial charge on any atom is 0.0449 e. The molecule has 1 rings (SSSR count). The Bertz CT molecular complexity index is 345. The van der Waals surface area contributed by atoms with E-state index in [4.69, 9.17) is 0 Å². The van der Waals surface area contributed by atoms with Crippen LogP contribution < -0.4 is 5.32 Å². The predicted octanol–water partition coefficient (Wildman–Crippen LogP) is 3.77. The largest absolute Gasteiger partial charge is 0.309 e. The second kappa shape index (κ2) is 8.34. The molecule has 0 bridgehead atoms. The molecule has 1 N–H and O–H groups in total. The standard InChI is InChI=1S/C17H30N2/c1-6-12-18-17(13-19(5)15(4)7-2)16-10-8-14(3)9-11-16/h8-11,15,17-18H,6-7,12-13H2,1-5H3. The zero-order chi connectivity index (χ0) is 14.3. The summed E-state index contributed by atoms with van der Waals surface area (Å²) in [5.41, 5.74) is 2.72. The summed E-state index contributed by atoms with van der Waals surface area (Å²) in [6.07, 6.45) is 2.38. The molecule has 0 aromatic heterocycles. The smallest absolute Gasteiger partial charge is 0.0449 e. The third kappa shape index (κ3) is 5.33. The van der Waals surface area contributed by atoms with E-state index < -0.39 is 0 Å². The van der Waals surface area contributed by atoms with E-state index in [9.17, 15) is 0 Å². The van der Waals surface area contributed by atoms with E-state index in [0.29, 0.717) is 12.1 Å². The summed E-state index contributed by atoms with van der Waals surface area (Å²) in [5, 5.41) is 3.67. The van der Waals surface area contributed by atoms with Crippen molar-refractivity contribution in [1.29, 1.82) is 0 Å². The van der Waals surface area contributed by atoms with Gasteiger partial charge in [0.2, 0.25) is 0 Å². The van der Waals surface area contributed by atoms with Crippen molar-refractivity contribution in [2.75, 3.05) is 20.1 Å². The number of nitrogens with one attached hydrogen (secondary N) is 1. The van der Waals surface area contributed by atoms with Gasteiger partial charge in [-0.3, -0.25) is 0 Å². The normalized spacial score (nSPS) is 14.6. The zero-order valence-corrected chi connectivity index (χ0v) is 13.2. The molecule has 2 atom stereocenters. The molecule has 108 valence electrons. The number of hydrogen-bond donors (Lipinski definition) is 1. The molecule has 0 aliphatic carbocycles. The van der Waals surface area contributed by atoms with Crippen molar-refractivity contribution in [3.63, 3.8) is 0 Å². The first-order chi connectivity index (χ1) is 9.08. The van der Waals surface area contributed by atoms with Crippen LogP contribution in [-0.4, -0.2) is 31.1 Å². The van der Waals surface area contributed by atoms with Gasteiger partial charge in [-0.25, -0.2) is 0 Å². The van der Waals surface area contributed by atoms with Crippen LogP contribution in [0.3, 0.4) is 0 Å². The van der Waals surface area contributed by atoms with Gasteiger partial charge in [-0.15, -0.1) is 0 Å². The Kier molecular flexibility index (Phi) is 7.11. The van der Waals surface area contributed by atoms with Gasteiger partial charge in [0.25, 0.3) is 0 Å². The third-order valence-corrected chi connectivity index (χ3v) is 3.93. The minimum Gasteiger partial charge on any atom is -0.309 e. The van der Waals surface area contributed by atoms with Crippen molar-refractivity contribution in [3.05, 3.63) is 35.4 Å². The van der Waals surface area contributed by atoms with E-state index in [1.807, 2.05) is 0 Å². The third-order valence-electron chi connectivity index (χ3n) is 3.93. The fourth-order valence-electron chi connectivity index (χ4n) is 2.18. The topological polar surface area (TPSA) is 15.3 Å². The van der Waals surface area contributed by atoms with Gasteiger partial charge >= 0.3 is 0 Å². The fraction of sp³-hybridized carbons (Fsp3) is 0.647. The zero-order valence-electron chi connectivity index (χ0n) is 13.2. The molecule has 0 saturated heterocycles. The Morgan fingerprint density at radius 1 is 1.16 bits per heavy atom. The molecule has 1 aromatic rings. The first-order valence-corrected chi connectivity index (χ1v) is 7.58. The summed E-state index contributed by atoms with van der Waals surface area (Å²) in [6, 6.07) is 9.99. The second-order valence-electron chi connectivity index (χ2n) is 5.61. The highest BCUT2D eigenvalue weighted by molar-refractivity contribution is 5.24. The molecule has 0 heterocycles. The summed E-state index contributed by atoms with van der Waals surface area (Å²) in [7, 11) is 2.23. The van der Waals surface area contributed by atoms with Gasteiger partial charge in [-0.2, -0.15) is 0 Å². The summed E-state index contributed by atoms with van der Waals surface area (Å²) in [5.74, 6) is 0. The Balaban J connectivity index is 2.73. The number of rotatable bonds is 8. The molecule has 1 aromatic carbocycles. The van der Waals surface area contributed by atoms with Gasteiger partial charge in [0.1, 0.15) is 0 Å². The molecular weight excluding hydrogens is 232 g/mol. The molecule has 0 fully saturated rings. The molecule has 0 spiro atoms. The van der Waals surface area contributed by atoms with Crippen molar-refractivity contribution in [1.82, 2.24) is 10.2 Å². The Morgan fingerprint density at radius 3 is 2.32 bits per heavy atom.